The zero-order valence-corrected chi connectivity index (χ0v) is 58.7. The first-order valence-electron chi connectivity index (χ1n) is 36.7. The lowest BCUT2D eigenvalue weighted by atomic mass is 9.81. The Morgan fingerprint density at radius 2 is 0.792 bits per heavy atom. The van der Waals surface area contributed by atoms with Crippen LogP contribution in [0.5, 0.6) is 0 Å². The number of nitrogens with one attached hydrogen (secondary N) is 6. The number of amides is 3. The molecule has 15 aromatic rings. The van der Waals surface area contributed by atoms with E-state index in [-0.39, 0.29) is 24.5 Å². The van der Waals surface area contributed by atoms with Gasteiger partial charge in [0.05, 0.1) is 28.9 Å². The van der Waals surface area contributed by atoms with Crippen molar-refractivity contribution >= 4 is 84.6 Å². The lowest BCUT2D eigenvalue weighted by molar-refractivity contribution is 0.0934. The van der Waals surface area contributed by atoms with Gasteiger partial charge in [-0.05, 0) is 155 Å². The number of hydrogen-bond donors (Lipinski definition) is 9. The summed E-state index contributed by atoms with van der Waals surface area (Å²) in [5, 5.41) is 12.5. The van der Waals surface area contributed by atoms with Gasteiger partial charge >= 0.3 is 6.09 Å². The maximum atomic E-state index is 12.4. The van der Waals surface area contributed by atoms with Crippen LogP contribution < -0.4 is 33.2 Å². The van der Waals surface area contributed by atoms with Gasteiger partial charge in [-0.15, -0.1) is 0 Å². The number of H-pyrrole nitrogens is 3. The molecule has 0 spiro atoms. The van der Waals surface area contributed by atoms with E-state index in [1.54, 1.807) is 24.7 Å². The van der Waals surface area contributed by atoms with Crippen LogP contribution in [0.3, 0.4) is 0 Å². The van der Waals surface area contributed by atoms with E-state index in [0.29, 0.717) is 83.7 Å². The smallest absolute Gasteiger partial charge is 0.407 e. The normalized spacial score (nSPS) is 18.1. The molecular formula is C83H84N18O5. The van der Waals surface area contributed by atoms with E-state index in [1.165, 1.54) is 12.5 Å². The number of benzene rings is 5. The SMILES string of the molecule is Nc1nccn2c(C3CCC(CNC(=O)OCc4ccccc4)CC3)nc(-c3cc4ccccc4[nH]3)c12.Nc1nccn2c(C3CCC(CNC(=O)c4ccccc4)CC3)nc(-c3cc4ccccc4[nH]3)c12.Nc1nccn2c(C3CCC(CNC(=O)c4ccoc4)CC3)nc(-c3cc4ccccc4[nH]3)c12. The van der Waals surface area contributed by atoms with Crippen LogP contribution in [0, 0.1) is 17.8 Å². The minimum atomic E-state index is -0.365. The second-order valence-corrected chi connectivity index (χ2v) is 28.3. The van der Waals surface area contributed by atoms with Crippen LogP contribution >= 0.6 is 0 Å². The number of aromatic amines is 3. The first-order chi connectivity index (χ1) is 52.0. The first kappa shape index (κ1) is 67.9. The van der Waals surface area contributed by atoms with Gasteiger partial charge in [0.1, 0.15) is 81.4 Å². The topological polar surface area (TPSA) is 326 Å². The van der Waals surface area contributed by atoms with Crippen LogP contribution in [0.2, 0.25) is 0 Å². The molecule has 106 heavy (non-hydrogen) atoms. The van der Waals surface area contributed by atoms with Gasteiger partial charge in [0.2, 0.25) is 0 Å². The minimum Gasteiger partial charge on any atom is -0.472 e. The molecule has 3 aliphatic carbocycles. The summed E-state index contributed by atoms with van der Waals surface area (Å²) in [5.41, 5.74) is 32.4. The average molecular weight is 1410 g/mol. The van der Waals surface area contributed by atoms with E-state index in [4.69, 9.17) is 41.3 Å². The number of ether oxygens (including phenoxy) is 1. The fourth-order valence-corrected chi connectivity index (χ4v) is 15.8. The van der Waals surface area contributed by atoms with Crippen molar-refractivity contribution in [2.24, 2.45) is 17.8 Å². The highest BCUT2D eigenvalue weighted by atomic mass is 16.5. The van der Waals surface area contributed by atoms with Crippen molar-refractivity contribution in [1.82, 2.24) is 74.0 Å². The molecule has 5 aromatic carbocycles. The molecular weight excluding hydrogens is 1330 g/mol. The number of imidazole rings is 3. The Hall–Kier alpha value is -12.5. The van der Waals surface area contributed by atoms with Crippen molar-refractivity contribution in [3.05, 3.63) is 242 Å². The molecule has 12 N–H and O–H groups in total. The highest BCUT2D eigenvalue weighted by Gasteiger charge is 2.32. The molecule has 0 radical (unpaired) electrons. The molecule has 0 unspecified atom stereocenters. The average Bonchev–Trinajstić information content (AvgIpc) is 1.61. The van der Waals surface area contributed by atoms with Crippen molar-refractivity contribution in [3.63, 3.8) is 0 Å². The predicted octanol–water partition coefficient (Wildman–Crippen LogP) is 15.6. The van der Waals surface area contributed by atoms with Gasteiger partial charge in [0.15, 0.2) is 0 Å². The van der Waals surface area contributed by atoms with Crippen LogP contribution in [-0.2, 0) is 11.3 Å². The number of furan rings is 1. The number of carbonyl (C=O) groups is 3. The Labute approximate surface area is 610 Å². The van der Waals surface area contributed by atoms with Crippen LogP contribution in [-0.4, -0.2) is 95.6 Å². The van der Waals surface area contributed by atoms with Crippen LogP contribution in [0.4, 0.5) is 22.2 Å². The largest absolute Gasteiger partial charge is 0.472 e. The van der Waals surface area contributed by atoms with E-state index < -0.39 is 0 Å². The predicted molar refractivity (Wildman–Crippen MR) is 413 cm³/mol. The van der Waals surface area contributed by atoms with E-state index in [9.17, 15) is 14.4 Å². The molecule has 3 saturated carbocycles. The lowest BCUT2D eigenvalue weighted by Gasteiger charge is -2.28. The third kappa shape index (κ3) is 14.5. The fourth-order valence-electron chi connectivity index (χ4n) is 15.8. The van der Waals surface area contributed by atoms with Crippen LogP contribution in [0.15, 0.2) is 212 Å². The summed E-state index contributed by atoms with van der Waals surface area (Å²) in [6.07, 6.45) is 26.0. The molecule has 23 heteroatoms. The second kappa shape index (κ2) is 30.4. The Morgan fingerprint density at radius 1 is 0.434 bits per heavy atom. The minimum absolute atomic E-state index is 0.00192. The molecule has 3 fully saturated rings. The molecule has 0 atom stereocenters. The van der Waals surface area contributed by atoms with Crippen molar-refractivity contribution in [3.8, 4) is 34.2 Å². The highest BCUT2D eigenvalue weighted by molar-refractivity contribution is 5.96. The van der Waals surface area contributed by atoms with E-state index in [1.807, 2.05) is 116 Å². The maximum Gasteiger partial charge on any atom is 0.407 e. The number of hydrogen-bond acceptors (Lipinski definition) is 14. The third-order valence-electron chi connectivity index (χ3n) is 21.5. The number of nitrogen functional groups attached to an aromatic ring is 3. The van der Waals surface area contributed by atoms with Gasteiger partial charge in [0.25, 0.3) is 11.8 Å². The summed E-state index contributed by atoms with van der Waals surface area (Å²) < 4.78 is 16.7. The van der Waals surface area contributed by atoms with E-state index >= 15 is 0 Å². The van der Waals surface area contributed by atoms with E-state index in [2.05, 4.69) is 114 Å². The second-order valence-electron chi connectivity index (χ2n) is 28.3. The number of alkyl carbamates (subject to hydrolysis) is 1. The number of rotatable bonds is 16. The number of para-hydroxylation sites is 3. The van der Waals surface area contributed by atoms with E-state index in [0.717, 1.165) is 184 Å². The number of nitrogens with two attached hydrogens (primary N) is 3. The van der Waals surface area contributed by atoms with Gasteiger partial charge < -0.3 is 57.3 Å². The Balaban J connectivity index is 0.000000122. The number of fused-ring (bicyclic) bond motifs is 6. The zero-order chi connectivity index (χ0) is 72.0. The summed E-state index contributed by atoms with van der Waals surface area (Å²) in [6.45, 7) is 2.29. The summed E-state index contributed by atoms with van der Waals surface area (Å²) in [4.78, 5) is 75.6. The molecule has 0 aliphatic heterocycles. The quantitative estimate of drug-likeness (QED) is 0.0434. The van der Waals surface area contributed by atoms with Crippen molar-refractivity contribution in [1.29, 1.82) is 0 Å². The Bertz CT molecular complexity index is 5470. The molecule has 10 heterocycles. The molecule has 10 aromatic heterocycles. The van der Waals surface area contributed by atoms with Crippen LogP contribution in [0.25, 0.3) is 83.4 Å². The van der Waals surface area contributed by atoms with Gasteiger partial charge in [-0.2, -0.15) is 0 Å². The van der Waals surface area contributed by atoms with Gasteiger partial charge in [-0.3, -0.25) is 22.8 Å². The lowest BCUT2D eigenvalue weighted by Crippen LogP contribution is -2.31. The molecule has 536 valence electrons. The summed E-state index contributed by atoms with van der Waals surface area (Å²) in [7, 11) is 0. The van der Waals surface area contributed by atoms with Crippen molar-refractivity contribution in [2.45, 2.75) is 101 Å². The molecule has 0 bridgehead atoms. The zero-order valence-electron chi connectivity index (χ0n) is 58.7. The number of nitrogens with zero attached hydrogens (tertiary/aromatic N) is 9. The fraction of sp³-hybridized carbons (Fsp3) is 0.265. The molecule has 0 saturated heterocycles. The monoisotopic (exact) mass is 1410 g/mol. The number of carbonyl (C=O) groups excluding carboxylic acids is 3. The van der Waals surface area contributed by atoms with Gasteiger partial charge in [0, 0.05) is 113 Å². The molecule has 18 rings (SSSR count). The third-order valence-corrected chi connectivity index (χ3v) is 21.5. The Kier molecular flexibility index (Phi) is 19.5. The van der Waals surface area contributed by atoms with Crippen LogP contribution in [0.1, 0.15) is 139 Å². The summed E-state index contributed by atoms with van der Waals surface area (Å²) in [5.74, 6) is 6.77. The maximum absolute atomic E-state index is 12.4. The molecule has 3 amide bonds. The highest BCUT2D eigenvalue weighted by Crippen LogP contribution is 2.43. The number of aromatic nitrogens is 12. The standard InChI is InChI=1S/C29H30N6O2.C28H28N6O.C26H26N6O2/c30-27-26-25(24-16-22-8-4-5-9-23(22)33-24)34-28(35(26)15-14-31-27)21-12-10-19(11-13-21)17-32-29(36)37-18-20-6-2-1-3-7-20;29-26-25-24(23-16-21-8-4-5-9-22(21)32-23)33-27(34(25)15-14-30-26)19-12-10-18(11-13-19)17-31-28(35)20-6-2-1-3-7-20;27-24-23-22(21-13-18-3-1-2-4-20(18)30-21)31-25(32(23)11-10-28-24)17-7-5-16(6-8-17)14-29-26(33)19-9-12-34-15-19/h1-9,14-16,19,21,33H,10-13,17-18H2,(H2,30,31)(H,32,36);1-9,14-16,18-19,32H,10-13,17H2,(H2,29,30)(H,31,35);1-4,9-13,15-17,30H,5-8,14H2,(H2,27,28)(H,29,33). The molecule has 3 aliphatic rings. The summed E-state index contributed by atoms with van der Waals surface area (Å²) in [6, 6.07) is 51.8. The summed E-state index contributed by atoms with van der Waals surface area (Å²) >= 11 is 0. The van der Waals surface area contributed by atoms with Gasteiger partial charge in [-0.25, -0.2) is 34.7 Å². The van der Waals surface area contributed by atoms with Crippen molar-refractivity contribution in [2.75, 3.05) is 36.8 Å². The van der Waals surface area contributed by atoms with Crippen molar-refractivity contribution < 1.29 is 23.5 Å². The first-order valence-corrected chi connectivity index (χ1v) is 36.7. The number of anilines is 3. The molecule has 23 nitrogen and oxygen atoms in total. The van der Waals surface area contributed by atoms with Gasteiger partial charge in [-0.1, -0.05) is 103 Å². The Morgan fingerprint density at radius 3 is 1.17 bits per heavy atom.